The Labute approximate surface area is 127 Å². The van der Waals surface area contributed by atoms with Gasteiger partial charge < -0.3 is 9.47 Å². The zero-order valence-electron chi connectivity index (χ0n) is 13.1. The van der Waals surface area contributed by atoms with Crippen LogP contribution in [0.15, 0.2) is 18.2 Å². The summed E-state index contributed by atoms with van der Waals surface area (Å²) in [5, 5.41) is 0. The molecule has 114 valence electrons. The number of nitrogens with zero attached hydrogens (tertiary/aromatic N) is 1. The highest BCUT2D eigenvalue weighted by atomic mass is 16.5. The average molecular weight is 287 g/mol. The number of fused-ring (bicyclic) bond motifs is 1. The minimum absolute atomic E-state index is 0.240. The summed E-state index contributed by atoms with van der Waals surface area (Å²) in [6, 6.07) is 7.34. The van der Waals surface area contributed by atoms with Crippen LogP contribution in [0, 0.1) is 0 Å². The molecule has 2 bridgehead atoms. The van der Waals surface area contributed by atoms with E-state index in [0.717, 1.165) is 12.2 Å². The average Bonchev–Trinajstić information content (AvgIpc) is 2.87. The van der Waals surface area contributed by atoms with E-state index >= 15 is 0 Å². The Hall–Kier alpha value is -1.06. The van der Waals surface area contributed by atoms with Gasteiger partial charge in [-0.25, -0.2) is 0 Å². The van der Waals surface area contributed by atoms with Gasteiger partial charge >= 0.3 is 0 Å². The molecule has 1 aromatic carbocycles. The van der Waals surface area contributed by atoms with Crippen LogP contribution in [0.25, 0.3) is 0 Å². The van der Waals surface area contributed by atoms with Crippen LogP contribution in [0.3, 0.4) is 0 Å². The molecule has 0 aromatic heterocycles. The Morgan fingerprint density at radius 2 is 2.10 bits per heavy atom. The fourth-order valence-electron chi connectivity index (χ4n) is 5.12. The van der Waals surface area contributed by atoms with Gasteiger partial charge in [0.25, 0.3) is 0 Å². The van der Waals surface area contributed by atoms with Gasteiger partial charge in [-0.2, -0.15) is 0 Å². The quantitative estimate of drug-likeness (QED) is 0.834. The van der Waals surface area contributed by atoms with Crippen molar-refractivity contribution in [2.75, 3.05) is 20.8 Å². The molecule has 4 rings (SSSR count). The Morgan fingerprint density at radius 3 is 2.90 bits per heavy atom. The summed E-state index contributed by atoms with van der Waals surface area (Å²) in [6.07, 6.45) is 7.88. The highest BCUT2D eigenvalue weighted by molar-refractivity contribution is 5.45. The van der Waals surface area contributed by atoms with E-state index in [1.807, 2.05) is 7.11 Å². The summed E-state index contributed by atoms with van der Waals surface area (Å²) in [6.45, 7) is 1.18. The lowest BCUT2D eigenvalue weighted by molar-refractivity contribution is -0.0469. The second-order valence-corrected chi connectivity index (χ2v) is 6.82. The lowest BCUT2D eigenvalue weighted by Crippen LogP contribution is -2.47. The predicted octanol–water partition coefficient (Wildman–Crippen LogP) is 3.11. The zero-order valence-corrected chi connectivity index (χ0v) is 13.1. The number of hydrogen-bond acceptors (Lipinski definition) is 3. The summed E-state index contributed by atoms with van der Waals surface area (Å²) >= 11 is 0. The summed E-state index contributed by atoms with van der Waals surface area (Å²) in [5.41, 5.74) is 3.36. The third-order valence-corrected chi connectivity index (χ3v) is 6.09. The van der Waals surface area contributed by atoms with Crippen molar-refractivity contribution in [3.05, 3.63) is 29.3 Å². The maximum Gasteiger partial charge on any atom is 0.119 e. The SMILES string of the molecule is COc1ccc2c(c1)C13CCCCC1N(CC3)C(OC)C2. The highest BCUT2D eigenvalue weighted by Crippen LogP contribution is 2.53. The second-order valence-electron chi connectivity index (χ2n) is 6.82. The van der Waals surface area contributed by atoms with Gasteiger partial charge in [0.05, 0.1) is 7.11 Å². The molecule has 3 aliphatic rings. The third kappa shape index (κ3) is 1.87. The van der Waals surface area contributed by atoms with Crippen LogP contribution in [0.2, 0.25) is 0 Å². The molecular formula is C18H25NO2. The van der Waals surface area contributed by atoms with E-state index in [0.29, 0.717) is 11.5 Å². The summed E-state index contributed by atoms with van der Waals surface area (Å²) in [5.74, 6) is 1.00. The fraction of sp³-hybridized carbons (Fsp3) is 0.667. The summed E-state index contributed by atoms with van der Waals surface area (Å²) in [4.78, 5) is 2.64. The molecule has 1 saturated carbocycles. The molecule has 2 aliphatic heterocycles. The number of methoxy groups -OCH3 is 2. The minimum Gasteiger partial charge on any atom is -0.497 e. The largest absolute Gasteiger partial charge is 0.497 e. The molecule has 2 heterocycles. The first-order valence-corrected chi connectivity index (χ1v) is 8.24. The number of hydrogen-bond donors (Lipinski definition) is 0. The molecule has 1 saturated heterocycles. The van der Waals surface area contributed by atoms with Crippen LogP contribution in [0.5, 0.6) is 5.75 Å². The fourth-order valence-corrected chi connectivity index (χ4v) is 5.12. The lowest BCUT2D eigenvalue weighted by Gasteiger charge is -2.42. The number of ether oxygens (including phenoxy) is 2. The standard InChI is InChI=1S/C18H25NO2/c1-20-14-7-6-13-11-17(21-2)19-10-9-18(15(13)12-14)8-4-3-5-16(18)19/h6-7,12,16-17H,3-5,8-11H2,1-2H3. The predicted molar refractivity (Wildman–Crippen MR) is 82.8 cm³/mol. The number of benzene rings is 1. The molecule has 0 spiro atoms. The van der Waals surface area contributed by atoms with Crippen molar-refractivity contribution in [2.24, 2.45) is 0 Å². The first-order valence-electron chi connectivity index (χ1n) is 8.24. The summed E-state index contributed by atoms with van der Waals surface area (Å²) < 4.78 is 11.4. The molecule has 3 heteroatoms. The van der Waals surface area contributed by atoms with Crippen LogP contribution >= 0.6 is 0 Å². The smallest absolute Gasteiger partial charge is 0.119 e. The normalized spacial score (nSPS) is 37.5. The molecule has 4 atom stereocenters. The van der Waals surface area contributed by atoms with Gasteiger partial charge in [0.2, 0.25) is 0 Å². The van der Waals surface area contributed by atoms with Crippen LogP contribution in [-0.4, -0.2) is 37.9 Å². The molecule has 0 amide bonds. The van der Waals surface area contributed by atoms with E-state index in [2.05, 4.69) is 23.1 Å². The van der Waals surface area contributed by atoms with Crippen molar-refractivity contribution in [2.45, 2.75) is 56.2 Å². The summed E-state index contributed by atoms with van der Waals surface area (Å²) in [7, 11) is 3.63. The molecule has 1 aromatic rings. The van der Waals surface area contributed by atoms with Crippen molar-refractivity contribution in [3.63, 3.8) is 0 Å². The monoisotopic (exact) mass is 287 g/mol. The second kappa shape index (κ2) is 4.99. The van der Waals surface area contributed by atoms with Gasteiger partial charge in [-0.3, -0.25) is 4.90 Å². The molecule has 0 radical (unpaired) electrons. The maximum absolute atomic E-state index is 5.86. The van der Waals surface area contributed by atoms with Gasteiger partial charge in [0.15, 0.2) is 0 Å². The Bertz CT molecular complexity index is 544. The van der Waals surface area contributed by atoms with Crippen molar-refractivity contribution in [1.82, 2.24) is 4.90 Å². The highest BCUT2D eigenvalue weighted by Gasteiger charge is 2.53. The molecule has 21 heavy (non-hydrogen) atoms. The van der Waals surface area contributed by atoms with Gasteiger partial charge in [-0.1, -0.05) is 18.9 Å². The van der Waals surface area contributed by atoms with E-state index in [4.69, 9.17) is 9.47 Å². The maximum atomic E-state index is 5.86. The van der Waals surface area contributed by atoms with Gasteiger partial charge in [-0.05, 0) is 42.5 Å². The van der Waals surface area contributed by atoms with E-state index in [1.54, 1.807) is 12.7 Å². The van der Waals surface area contributed by atoms with E-state index in [-0.39, 0.29) is 6.23 Å². The third-order valence-electron chi connectivity index (χ3n) is 6.09. The van der Waals surface area contributed by atoms with Crippen LogP contribution in [-0.2, 0) is 16.6 Å². The Morgan fingerprint density at radius 1 is 1.19 bits per heavy atom. The first-order chi connectivity index (χ1) is 10.3. The molecule has 0 N–H and O–H groups in total. The Balaban J connectivity index is 1.89. The van der Waals surface area contributed by atoms with Crippen molar-refractivity contribution >= 4 is 0 Å². The van der Waals surface area contributed by atoms with Gasteiger partial charge in [0.1, 0.15) is 12.0 Å². The van der Waals surface area contributed by atoms with E-state index < -0.39 is 0 Å². The number of rotatable bonds is 2. The van der Waals surface area contributed by atoms with E-state index in [9.17, 15) is 0 Å². The van der Waals surface area contributed by atoms with Gasteiger partial charge in [-0.15, -0.1) is 0 Å². The topological polar surface area (TPSA) is 21.7 Å². The molecular weight excluding hydrogens is 262 g/mol. The Kier molecular flexibility index (Phi) is 3.23. The van der Waals surface area contributed by atoms with Crippen molar-refractivity contribution in [3.8, 4) is 5.75 Å². The van der Waals surface area contributed by atoms with Crippen molar-refractivity contribution in [1.29, 1.82) is 0 Å². The molecule has 2 fully saturated rings. The van der Waals surface area contributed by atoms with Crippen LogP contribution < -0.4 is 4.74 Å². The lowest BCUT2D eigenvalue weighted by atomic mass is 9.65. The van der Waals surface area contributed by atoms with Gasteiger partial charge in [0, 0.05) is 31.5 Å². The molecule has 3 nitrogen and oxygen atoms in total. The van der Waals surface area contributed by atoms with Crippen LogP contribution in [0.1, 0.15) is 43.2 Å². The molecule has 1 aliphatic carbocycles. The first kappa shape index (κ1) is 13.6. The molecule has 4 unspecified atom stereocenters. The van der Waals surface area contributed by atoms with E-state index in [1.165, 1.54) is 44.2 Å². The van der Waals surface area contributed by atoms with Crippen molar-refractivity contribution < 1.29 is 9.47 Å². The minimum atomic E-state index is 0.240. The van der Waals surface area contributed by atoms with Crippen LogP contribution in [0.4, 0.5) is 0 Å². The zero-order chi connectivity index (χ0) is 14.4.